The molecule has 1 fully saturated rings. The monoisotopic (exact) mass is 344 g/mol. The maximum Gasteiger partial charge on any atom is 0.230 e. The fourth-order valence-electron chi connectivity index (χ4n) is 3.21. The Hall–Kier alpha value is -2.57. The van der Waals surface area contributed by atoms with Gasteiger partial charge in [-0.3, -0.25) is 4.79 Å². The van der Waals surface area contributed by atoms with Gasteiger partial charge in [-0.05, 0) is 26.8 Å². The summed E-state index contributed by atoms with van der Waals surface area (Å²) >= 11 is 0. The summed E-state index contributed by atoms with van der Waals surface area (Å²) in [5.74, 6) is 2.78. The molecular formula is C18H24N4O3. The number of ether oxygens (including phenoxy) is 1. The van der Waals surface area contributed by atoms with Crippen LogP contribution in [0, 0.1) is 13.8 Å². The summed E-state index contributed by atoms with van der Waals surface area (Å²) in [7, 11) is 1.59. The van der Waals surface area contributed by atoms with E-state index in [4.69, 9.17) is 9.15 Å². The zero-order chi connectivity index (χ0) is 18.0. The number of rotatable bonds is 4. The highest BCUT2D eigenvalue weighted by atomic mass is 16.5. The van der Waals surface area contributed by atoms with Crippen LogP contribution in [0.4, 0.5) is 5.95 Å². The average Bonchev–Trinajstić information content (AvgIpc) is 2.99. The summed E-state index contributed by atoms with van der Waals surface area (Å²) in [4.78, 5) is 25.5. The van der Waals surface area contributed by atoms with Crippen LogP contribution < -0.4 is 9.64 Å². The van der Waals surface area contributed by atoms with Gasteiger partial charge in [0.15, 0.2) is 0 Å². The molecule has 0 saturated carbocycles. The summed E-state index contributed by atoms with van der Waals surface area (Å²) < 4.78 is 10.7. The Kier molecular flexibility index (Phi) is 4.92. The van der Waals surface area contributed by atoms with Crippen LogP contribution in [0.1, 0.15) is 29.9 Å². The van der Waals surface area contributed by atoms with Crippen LogP contribution in [-0.2, 0) is 4.79 Å². The molecule has 2 aromatic heterocycles. The van der Waals surface area contributed by atoms with Gasteiger partial charge in [0, 0.05) is 44.0 Å². The fraction of sp³-hybridized carbons (Fsp3) is 0.500. The van der Waals surface area contributed by atoms with Gasteiger partial charge in [0.2, 0.25) is 17.7 Å². The van der Waals surface area contributed by atoms with Crippen LogP contribution in [-0.4, -0.2) is 54.1 Å². The van der Waals surface area contributed by atoms with Crippen molar-refractivity contribution >= 4 is 11.9 Å². The van der Waals surface area contributed by atoms with Crippen molar-refractivity contribution in [1.29, 1.82) is 0 Å². The van der Waals surface area contributed by atoms with Gasteiger partial charge in [0.05, 0.1) is 13.0 Å². The number of nitrogens with zero attached hydrogens (tertiary/aromatic N) is 4. The van der Waals surface area contributed by atoms with Crippen LogP contribution in [0.25, 0.3) is 0 Å². The lowest BCUT2D eigenvalue weighted by atomic mass is 9.99. The molecule has 0 aliphatic carbocycles. The lowest BCUT2D eigenvalue weighted by Gasteiger charge is -2.36. The average molecular weight is 344 g/mol. The Morgan fingerprint density at radius 3 is 2.60 bits per heavy atom. The van der Waals surface area contributed by atoms with Gasteiger partial charge >= 0.3 is 0 Å². The molecule has 1 aliphatic rings. The Bertz CT molecular complexity index is 751. The van der Waals surface area contributed by atoms with E-state index in [2.05, 4.69) is 14.9 Å². The third-order valence-corrected chi connectivity index (χ3v) is 4.62. The molecule has 7 heteroatoms. The maximum atomic E-state index is 12.8. The van der Waals surface area contributed by atoms with E-state index < -0.39 is 0 Å². The van der Waals surface area contributed by atoms with Gasteiger partial charge < -0.3 is 19.0 Å². The van der Waals surface area contributed by atoms with Gasteiger partial charge in [-0.25, -0.2) is 4.98 Å². The Morgan fingerprint density at radius 1 is 1.28 bits per heavy atom. The first kappa shape index (κ1) is 17.3. The van der Waals surface area contributed by atoms with Crippen molar-refractivity contribution < 1.29 is 13.9 Å². The molecule has 25 heavy (non-hydrogen) atoms. The van der Waals surface area contributed by atoms with Crippen molar-refractivity contribution in [2.45, 2.75) is 26.7 Å². The van der Waals surface area contributed by atoms with Crippen LogP contribution >= 0.6 is 0 Å². The molecule has 7 nitrogen and oxygen atoms in total. The zero-order valence-corrected chi connectivity index (χ0v) is 15.2. The summed E-state index contributed by atoms with van der Waals surface area (Å²) in [6, 6.07) is 3.68. The van der Waals surface area contributed by atoms with Gasteiger partial charge in [-0.15, -0.1) is 0 Å². The van der Waals surface area contributed by atoms with Crippen molar-refractivity contribution in [1.82, 2.24) is 14.9 Å². The molecule has 0 spiro atoms. The molecule has 0 aromatic carbocycles. The van der Waals surface area contributed by atoms with E-state index in [9.17, 15) is 4.79 Å². The van der Waals surface area contributed by atoms with Crippen LogP contribution in [0.5, 0.6) is 5.88 Å². The second-order valence-electron chi connectivity index (χ2n) is 6.30. The number of carbonyl (C=O) groups is 1. The van der Waals surface area contributed by atoms with Gasteiger partial charge in [-0.2, -0.15) is 4.98 Å². The molecule has 0 radical (unpaired) electrons. The smallest absolute Gasteiger partial charge is 0.230 e. The molecular weight excluding hydrogens is 320 g/mol. The van der Waals surface area contributed by atoms with E-state index in [0.717, 1.165) is 17.1 Å². The normalized spacial score (nSPS) is 16.0. The number of hydrogen-bond donors (Lipinski definition) is 0. The highest BCUT2D eigenvalue weighted by molar-refractivity contribution is 5.83. The fourth-order valence-corrected chi connectivity index (χ4v) is 3.21. The second kappa shape index (κ2) is 7.13. The third-order valence-electron chi connectivity index (χ3n) is 4.62. The van der Waals surface area contributed by atoms with Gasteiger partial charge in [0.1, 0.15) is 11.5 Å². The number of anilines is 1. The predicted molar refractivity (Wildman–Crippen MR) is 94.0 cm³/mol. The molecule has 3 heterocycles. The Morgan fingerprint density at radius 2 is 2.00 bits per heavy atom. The lowest BCUT2D eigenvalue weighted by Crippen LogP contribution is -2.50. The highest BCUT2D eigenvalue weighted by Crippen LogP contribution is 2.25. The summed E-state index contributed by atoms with van der Waals surface area (Å²) in [6.45, 7) is 8.46. The van der Waals surface area contributed by atoms with Crippen molar-refractivity contribution in [2.24, 2.45) is 0 Å². The largest absolute Gasteiger partial charge is 0.481 e. The molecule has 1 saturated heterocycles. The number of piperazine rings is 1. The molecule has 1 atom stereocenters. The first-order valence-corrected chi connectivity index (χ1v) is 8.47. The number of furan rings is 1. The minimum atomic E-state index is -0.197. The van der Waals surface area contributed by atoms with Gasteiger partial charge in [0.25, 0.3) is 0 Å². The number of aromatic nitrogens is 2. The molecule has 134 valence electrons. The minimum Gasteiger partial charge on any atom is -0.481 e. The predicted octanol–water partition coefficient (Wildman–Crippen LogP) is 2.15. The van der Waals surface area contributed by atoms with Crippen molar-refractivity contribution in [3.05, 3.63) is 35.4 Å². The standard InChI is InChI=1S/C18H24N4O3/c1-12-11-15(14(3)25-12)13(2)17(23)21-7-9-22(10-8-21)18-19-6-5-16(20-18)24-4/h5-6,11,13H,7-10H2,1-4H3/t13-/m1/s1. The summed E-state index contributed by atoms with van der Waals surface area (Å²) in [5, 5.41) is 0. The quantitative estimate of drug-likeness (QED) is 0.846. The van der Waals surface area contributed by atoms with E-state index in [1.807, 2.05) is 31.7 Å². The summed E-state index contributed by atoms with van der Waals surface area (Å²) in [5.41, 5.74) is 0.973. The van der Waals surface area contributed by atoms with Crippen LogP contribution in [0.2, 0.25) is 0 Å². The van der Waals surface area contributed by atoms with Gasteiger partial charge in [-0.1, -0.05) is 0 Å². The lowest BCUT2D eigenvalue weighted by molar-refractivity contribution is -0.132. The number of aryl methyl sites for hydroxylation is 2. The molecule has 3 rings (SSSR count). The van der Waals surface area contributed by atoms with Crippen molar-refractivity contribution in [2.75, 3.05) is 38.2 Å². The zero-order valence-electron chi connectivity index (χ0n) is 15.2. The van der Waals surface area contributed by atoms with E-state index >= 15 is 0 Å². The van der Waals surface area contributed by atoms with E-state index in [1.54, 1.807) is 19.4 Å². The number of methoxy groups -OCH3 is 1. The maximum absolute atomic E-state index is 12.8. The highest BCUT2D eigenvalue weighted by Gasteiger charge is 2.28. The van der Waals surface area contributed by atoms with Crippen molar-refractivity contribution in [3.8, 4) is 5.88 Å². The second-order valence-corrected chi connectivity index (χ2v) is 6.30. The van der Waals surface area contributed by atoms with E-state index in [-0.39, 0.29) is 11.8 Å². The Balaban J connectivity index is 1.63. The molecule has 0 bridgehead atoms. The van der Waals surface area contributed by atoms with Crippen molar-refractivity contribution in [3.63, 3.8) is 0 Å². The number of amides is 1. The molecule has 0 N–H and O–H groups in total. The topological polar surface area (TPSA) is 71.7 Å². The minimum absolute atomic E-state index is 0.134. The first-order valence-electron chi connectivity index (χ1n) is 8.47. The molecule has 1 amide bonds. The van der Waals surface area contributed by atoms with E-state index in [1.165, 1.54) is 0 Å². The molecule has 1 aliphatic heterocycles. The number of hydrogen-bond acceptors (Lipinski definition) is 6. The third kappa shape index (κ3) is 3.60. The Labute approximate surface area is 147 Å². The molecule has 2 aromatic rings. The van der Waals surface area contributed by atoms with Crippen LogP contribution in [0.15, 0.2) is 22.7 Å². The summed E-state index contributed by atoms with van der Waals surface area (Å²) in [6.07, 6.45) is 1.69. The van der Waals surface area contributed by atoms with E-state index in [0.29, 0.717) is 38.0 Å². The van der Waals surface area contributed by atoms with Crippen LogP contribution in [0.3, 0.4) is 0 Å². The number of carbonyl (C=O) groups excluding carboxylic acids is 1. The SMILES string of the molecule is COc1ccnc(N2CCN(C(=O)[C@H](C)c3cc(C)oc3C)CC2)n1. The molecule has 0 unspecified atom stereocenters. The first-order chi connectivity index (χ1) is 12.0.